The van der Waals surface area contributed by atoms with Gasteiger partial charge in [-0.3, -0.25) is 0 Å². The minimum atomic E-state index is 0.630. The number of nitrogen functional groups attached to an aromatic ring is 1. The van der Waals surface area contributed by atoms with Crippen LogP contribution in [-0.2, 0) is 0 Å². The van der Waals surface area contributed by atoms with Crippen molar-refractivity contribution in [3.63, 3.8) is 0 Å². The van der Waals surface area contributed by atoms with Crippen LogP contribution in [0, 0.1) is 20.8 Å². The first-order chi connectivity index (χ1) is 8.10. The van der Waals surface area contributed by atoms with E-state index in [-0.39, 0.29) is 0 Å². The lowest BCUT2D eigenvalue weighted by Crippen LogP contribution is -2.10. The number of rotatable bonds is 2. The van der Waals surface area contributed by atoms with E-state index in [1.54, 1.807) is 0 Å². The van der Waals surface area contributed by atoms with Crippen molar-refractivity contribution in [2.75, 3.05) is 5.43 Å². The van der Waals surface area contributed by atoms with Gasteiger partial charge in [-0.1, -0.05) is 12.1 Å². The molecule has 0 amide bonds. The molecule has 0 aliphatic rings. The van der Waals surface area contributed by atoms with Crippen molar-refractivity contribution in [2.45, 2.75) is 20.8 Å². The number of anilines is 1. The van der Waals surface area contributed by atoms with Crippen LogP contribution in [-0.4, -0.2) is 9.97 Å². The summed E-state index contributed by atoms with van der Waals surface area (Å²) in [5.74, 6) is 6.71. The summed E-state index contributed by atoms with van der Waals surface area (Å²) >= 11 is 0. The van der Waals surface area contributed by atoms with Crippen molar-refractivity contribution in [3.8, 4) is 11.4 Å². The Balaban J connectivity index is 2.52. The van der Waals surface area contributed by atoms with Crippen molar-refractivity contribution in [1.82, 2.24) is 9.97 Å². The number of aryl methyl sites for hydroxylation is 3. The average Bonchev–Trinajstić information content (AvgIpc) is 2.32. The number of nitrogens with zero attached hydrogens (tertiary/aromatic N) is 2. The topological polar surface area (TPSA) is 63.8 Å². The van der Waals surface area contributed by atoms with E-state index >= 15 is 0 Å². The van der Waals surface area contributed by atoms with Crippen molar-refractivity contribution in [2.24, 2.45) is 5.84 Å². The number of benzene rings is 1. The van der Waals surface area contributed by atoms with Gasteiger partial charge in [-0.15, -0.1) is 0 Å². The third kappa shape index (κ3) is 2.42. The molecule has 0 aliphatic carbocycles. The number of hydrogen-bond acceptors (Lipinski definition) is 4. The standard InChI is InChI=1S/C13H16N4/c1-8-4-5-11(6-9(8)2)13-15-10(3)7-12(16-13)17-14/h4-7H,14H2,1-3H3,(H,15,16,17). The van der Waals surface area contributed by atoms with Crippen LogP contribution in [0.15, 0.2) is 24.3 Å². The Labute approximate surface area is 101 Å². The molecule has 0 spiro atoms. The molecular formula is C13H16N4. The molecule has 1 heterocycles. The van der Waals surface area contributed by atoms with Crippen LogP contribution in [0.4, 0.5) is 5.82 Å². The third-order valence-electron chi connectivity index (χ3n) is 2.77. The van der Waals surface area contributed by atoms with E-state index in [1.165, 1.54) is 11.1 Å². The van der Waals surface area contributed by atoms with Crippen molar-refractivity contribution in [3.05, 3.63) is 41.1 Å². The zero-order chi connectivity index (χ0) is 12.4. The van der Waals surface area contributed by atoms with Gasteiger partial charge in [0.2, 0.25) is 0 Å². The number of nitrogens with one attached hydrogen (secondary N) is 1. The molecule has 0 unspecified atom stereocenters. The van der Waals surface area contributed by atoms with E-state index in [4.69, 9.17) is 5.84 Å². The lowest BCUT2D eigenvalue weighted by Gasteiger charge is -2.07. The zero-order valence-electron chi connectivity index (χ0n) is 10.3. The van der Waals surface area contributed by atoms with Gasteiger partial charge in [0.05, 0.1) is 0 Å². The number of hydrogen-bond donors (Lipinski definition) is 2. The number of hydrazine groups is 1. The molecule has 88 valence electrons. The fourth-order valence-electron chi connectivity index (χ4n) is 1.65. The Hall–Kier alpha value is -1.94. The summed E-state index contributed by atoms with van der Waals surface area (Å²) in [4.78, 5) is 8.76. The van der Waals surface area contributed by atoms with Gasteiger partial charge in [-0.25, -0.2) is 15.8 Å². The van der Waals surface area contributed by atoms with Crippen LogP contribution in [0.2, 0.25) is 0 Å². The first kappa shape index (κ1) is 11.5. The average molecular weight is 228 g/mol. The summed E-state index contributed by atoms with van der Waals surface area (Å²) in [5, 5.41) is 0. The number of nitrogens with two attached hydrogens (primary N) is 1. The van der Waals surface area contributed by atoms with Gasteiger partial charge in [-0.05, 0) is 38.0 Å². The van der Waals surface area contributed by atoms with Gasteiger partial charge in [0.1, 0.15) is 5.82 Å². The molecule has 0 saturated carbocycles. The van der Waals surface area contributed by atoms with E-state index < -0.39 is 0 Å². The molecule has 2 rings (SSSR count). The molecule has 2 aromatic rings. The van der Waals surface area contributed by atoms with Crippen LogP contribution in [0.5, 0.6) is 0 Å². The van der Waals surface area contributed by atoms with Gasteiger partial charge < -0.3 is 5.43 Å². The molecule has 4 heteroatoms. The Morgan fingerprint density at radius 1 is 1.00 bits per heavy atom. The highest BCUT2D eigenvalue weighted by Gasteiger charge is 2.05. The number of aromatic nitrogens is 2. The molecule has 1 aromatic heterocycles. The van der Waals surface area contributed by atoms with E-state index in [0.29, 0.717) is 11.6 Å². The highest BCUT2D eigenvalue weighted by atomic mass is 15.3. The predicted octanol–water partition coefficient (Wildman–Crippen LogP) is 2.35. The predicted molar refractivity (Wildman–Crippen MR) is 69.5 cm³/mol. The Morgan fingerprint density at radius 3 is 2.41 bits per heavy atom. The molecule has 4 nitrogen and oxygen atoms in total. The van der Waals surface area contributed by atoms with E-state index in [9.17, 15) is 0 Å². The molecule has 0 radical (unpaired) electrons. The lowest BCUT2D eigenvalue weighted by atomic mass is 10.1. The Morgan fingerprint density at radius 2 is 1.76 bits per heavy atom. The minimum absolute atomic E-state index is 0.630. The van der Waals surface area contributed by atoms with Crippen LogP contribution in [0.3, 0.4) is 0 Å². The van der Waals surface area contributed by atoms with E-state index in [2.05, 4.69) is 41.4 Å². The van der Waals surface area contributed by atoms with Crippen molar-refractivity contribution >= 4 is 5.82 Å². The molecule has 3 N–H and O–H groups in total. The van der Waals surface area contributed by atoms with E-state index in [0.717, 1.165) is 11.3 Å². The van der Waals surface area contributed by atoms with Crippen LogP contribution < -0.4 is 11.3 Å². The summed E-state index contributed by atoms with van der Waals surface area (Å²) in [6.07, 6.45) is 0. The molecule has 0 bridgehead atoms. The van der Waals surface area contributed by atoms with Gasteiger partial charge in [0.15, 0.2) is 5.82 Å². The highest BCUT2D eigenvalue weighted by Crippen LogP contribution is 2.20. The second-order valence-electron chi connectivity index (χ2n) is 4.16. The van der Waals surface area contributed by atoms with E-state index in [1.807, 2.05) is 19.1 Å². The molecule has 0 saturated heterocycles. The van der Waals surface area contributed by atoms with Gasteiger partial charge in [-0.2, -0.15) is 0 Å². The van der Waals surface area contributed by atoms with Gasteiger partial charge in [0, 0.05) is 17.3 Å². The molecule has 0 aliphatic heterocycles. The molecule has 17 heavy (non-hydrogen) atoms. The van der Waals surface area contributed by atoms with Crippen molar-refractivity contribution < 1.29 is 0 Å². The fraction of sp³-hybridized carbons (Fsp3) is 0.231. The summed E-state index contributed by atoms with van der Waals surface area (Å²) in [6, 6.07) is 8.00. The molecule has 1 aromatic carbocycles. The smallest absolute Gasteiger partial charge is 0.161 e. The fourth-order valence-corrected chi connectivity index (χ4v) is 1.65. The lowest BCUT2D eigenvalue weighted by molar-refractivity contribution is 1.09. The maximum atomic E-state index is 5.38. The second-order valence-corrected chi connectivity index (χ2v) is 4.16. The largest absolute Gasteiger partial charge is 0.308 e. The second kappa shape index (κ2) is 4.51. The normalized spacial score (nSPS) is 10.4. The summed E-state index contributed by atoms with van der Waals surface area (Å²) in [7, 11) is 0. The summed E-state index contributed by atoms with van der Waals surface area (Å²) in [6.45, 7) is 6.09. The highest BCUT2D eigenvalue weighted by molar-refractivity contribution is 5.59. The Kier molecular flexibility index (Phi) is 3.06. The summed E-state index contributed by atoms with van der Waals surface area (Å²) in [5.41, 5.74) is 6.94. The van der Waals surface area contributed by atoms with Crippen LogP contribution in [0.1, 0.15) is 16.8 Å². The quantitative estimate of drug-likeness (QED) is 0.611. The van der Waals surface area contributed by atoms with Gasteiger partial charge >= 0.3 is 0 Å². The monoisotopic (exact) mass is 228 g/mol. The molecule has 0 fully saturated rings. The molecule has 0 atom stereocenters. The first-order valence-corrected chi connectivity index (χ1v) is 5.50. The van der Waals surface area contributed by atoms with Crippen LogP contribution in [0.25, 0.3) is 11.4 Å². The zero-order valence-corrected chi connectivity index (χ0v) is 10.3. The third-order valence-corrected chi connectivity index (χ3v) is 2.77. The minimum Gasteiger partial charge on any atom is -0.308 e. The van der Waals surface area contributed by atoms with Crippen molar-refractivity contribution in [1.29, 1.82) is 0 Å². The SMILES string of the molecule is Cc1cc(NN)nc(-c2ccc(C)c(C)c2)n1. The molecular weight excluding hydrogens is 212 g/mol. The maximum absolute atomic E-state index is 5.38. The van der Waals surface area contributed by atoms with Crippen LogP contribution >= 0.6 is 0 Å². The first-order valence-electron chi connectivity index (χ1n) is 5.50. The maximum Gasteiger partial charge on any atom is 0.161 e. The summed E-state index contributed by atoms with van der Waals surface area (Å²) < 4.78 is 0. The van der Waals surface area contributed by atoms with Gasteiger partial charge in [0.25, 0.3) is 0 Å². The Bertz CT molecular complexity index is 549.